The quantitative estimate of drug-likeness (QED) is 0.818. The first-order valence-electron chi connectivity index (χ1n) is 6.07. The molecule has 2 heterocycles. The summed E-state index contributed by atoms with van der Waals surface area (Å²) in [7, 11) is 0. The molecular formula is C12H18ClN3O2. The van der Waals surface area contributed by atoms with Crippen molar-refractivity contribution in [1.82, 2.24) is 9.97 Å². The van der Waals surface area contributed by atoms with E-state index in [9.17, 15) is 5.11 Å². The van der Waals surface area contributed by atoms with Gasteiger partial charge in [-0.3, -0.25) is 0 Å². The maximum absolute atomic E-state index is 10.1. The number of nitrogens with zero attached hydrogens (tertiary/aromatic N) is 2. The van der Waals surface area contributed by atoms with Crippen molar-refractivity contribution in [2.45, 2.75) is 31.8 Å². The van der Waals surface area contributed by atoms with Crippen LogP contribution in [0.5, 0.6) is 0 Å². The Hall–Kier alpha value is -0.910. The van der Waals surface area contributed by atoms with E-state index in [-0.39, 0.29) is 5.92 Å². The highest BCUT2D eigenvalue weighted by Gasteiger charge is 2.32. The minimum absolute atomic E-state index is 0.210. The lowest BCUT2D eigenvalue weighted by molar-refractivity contribution is 0.0381. The number of aliphatic hydroxyl groups is 1. The molecule has 1 atom stereocenters. The molecule has 0 aliphatic carbocycles. The Kier molecular flexibility index (Phi) is 4.04. The van der Waals surface area contributed by atoms with Crippen molar-refractivity contribution in [3.05, 3.63) is 17.0 Å². The molecule has 0 amide bonds. The molecule has 18 heavy (non-hydrogen) atoms. The number of nitrogens with one attached hydrogen (secondary N) is 1. The Morgan fingerprint density at radius 1 is 1.56 bits per heavy atom. The average molecular weight is 272 g/mol. The number of aromatic nitrogens is 2. The molecule has 2 rings (SSSR count). The fourth-order valence-corrected chi connectivity index (χ4v) is 1.96. The van der Waals surface area contributed by atoms with Gasteiger partial charge in [-0.25, -0.2) is 9.97 Å². The molecule has 2 N–H and O–H groups in total. The summed E-state index contributed by atoms with van der Waals surface area (Å²) >= 11 is 5.95. The Balaban J connectivity index is 2.04. The van der Waals surface area contributed by atoms with Crippen LogP contribution in [0, 0.1) is 0 Å². The first kappa shape index (κ1) is 13.5. The predicted octanol–water partition coefficient (Wildman–Crippen LogP) is 1.82. The van der Waals surface area contributed by atoms with Crippen molar-refractivity contribution in [3.63, 3.8) is 0 Å². The van der Waals surface area contributed by atoms with Crippen LogP contribution in [-0.2, 0) is 4.74 Å². The van der Waals surface area contributed by atoms with E-state index in [1.165, 1.54) is 0 Å². The second-order valence-corrected chi connectivity index (χ2v) is 5.36. The van der Waals surface area contributed by atoms with E-state index in [0.29, 0.717) is 43.0 Å². The van der Waals surface area contributed by atoms with Crippen molar-refractivity contribution >= 4 is 17.4 Å². The molecule has 1 saturated heterocycles. The van der Waals surface area contributed by atoms with E-state index >= 15 is 0 Å². The van der Waals surface area contributed by atoms with Crippen LogP contribution >= 0.6 is 11.6 Å². The fraction of sp³-hybridized carbons (Fsp3) is 0.667. The van der Waals surface area contributed by atoms with Crippen LogP contribution in [0.2, 0.25) is 5.15 Å². The zero-order valence-electron chi connectivity index (χ0n) is 10.6. The smallest absolute Gasteiger partial charge is 0.135 e. The van der Waals surface area contributed by atoms with E-state index in [2.05, 4.69) is 15.3 Å². The fourth-order valence-electron chi connectivity index (χ4n) is 1.77. The zero-order valence-corrected chi connectivity index (χ0v) is 11.4. The van der Waals surface area contributed by atoms with Crippen LogP contribution in [0.3, 0.4) is 0 Å². The van der Waals surface area contributed by atoms with Crippen LogP contribution in [-0.4, -0.2) is 40.4 Å². The third kappa shape index (κ3) is 3.31. The van der Waals surface area contributed by atoms with Crippen molar-refractivity contribution in [2.75, 3.05) is 25.1 Å². The van der Waals surface area contributed by atoms with Gasteiger partial charge in [-0.1, -0.05) is 25.4 Å². The lowest BCUT2D eigenvalue weighted by atomic mass is 10.0. The summed E-state index contributed by atoms with van der Waals surface area (Å²) in [6.07, 6.45) is 0.635. The SMILES string of the molecule is CC(C)c1nc(Cl)cc(NCC2(O)CCOC2)n1. The van der Waals surface area contributed by atoms with Gasteiger partial charge in [-0.05, 0) is 0 Å². The van der Waals surface area contributed by atoms with Gasteiger partial charge in [0.2, 0.25) is 0 Å². The van der Waals surface area contributed by atoms with Gasteiger partial charge >= 0.3 is 0 Å². The molecule has 0 aromatic carbocycles. The van der Waals surface area contributed by atoms with Crippen molar-refractivity contribution < 1.29 is 9.84 Å². The summed E-state index contributed by atoms with van der Waals surface area (Å²) in [6, 6.07) is 1.66. The minimum Gasteiger partial charge on any atom is -0.386 e. The van der Waals surface area contributed by atoms with Crippen LogP contribution in [0.1, 0.15) is 32.0 Å². The minimum atomic E-state index is -0.810. The van der Waals surface area contributed by atoms with E-state index < -0.39 is 5.60 Å². The molecule has 1 fully saturated rings. The van der Waals surface area contributed by atoms with Gasteiger partial charge in [0.1, 0.15) is 22.4 Å². The van der Waals surface area contributed by atoms with Gasteiger partial charge in [0, 0.05) is 31.6 Å². The summed E-state index contributed by atoms with van der Waals surface area (Å²) in [4.78, 5) is 8.52. The molecule has 1 aromatic heterocycles. The maximum atomic E-state index is 10.1. The molecule has 1 aliphatic heterocycles. The molecule has 0 saturated carbocycles. The van der Waals surface area contributed by atoms with Crippen LogP contribution in [0.25, 0.3) is 0 Å². The molecule has 1 unspecified atom stereocenters. The molecule has 1 aliphatic rings. The van der Waals surface area contributed by atoms with Crippen LogP contribution in [0.4, 0.5) is 5.82 Å². The molecule has 0 radical (unpaired) electrons. The highest BCUT2D eigenvalue weighted by Crippen LogP contribution is 2.21. The van der Waals surface area contributed by atoms with E-state index in [1.54, 1.807) is 6.07 Å². The highest BCUT2D eigenvalue weighted by molar-refractivity contribution is 6.29. The lowest BCUT2D eigenvalue weighted by Crippen LogP contribution is -2.37. The van der Waals surface area contributed by atoms with Gasteiger partial charge in [-0.2, -0.15) is 0 Å². The highest BCUT2D eigenvalue weighted by atomic mass is 35.5. The van der Waals surface area contributed by atoms with E-state index in [0.717, 1.165) is 0 Å². The summed E-state index contributed by atoms with van der Waals surface area (Å²) in [5, 5.41) is 13.6. The Morgan fingerprint density at radius 3 is 2.94 bits per heavy atom. The number of ether oxygens (including phenoxy) is 1. The molecule has 0 bridgehead atoms. The Labute approximate surface area is 112 Å². The molecule has 100 valence electrons. The second-order valence-electron chi connectivity index (χ2n) is 4.97. The number of rotatable bonds is 4. The van der Waals surface area contributed by atoms with Crippen LogP contribution < -0.4 is 5.32 Å². The third-order valence-electron chi connectivity index (χ3n) is 2.91. The van der Waals surface area contributed by atoms with Crippen LogP contribution in [0.15, 0.2) is 6.07 Å². The number of halogens is 1. The van der Waals surface area contributed by atoms with Crippen molar-refractivity contribution in [2.24, 2.45) is 0 Å². The topological polar surface area (TPSA) is 67.3 Å². The molecule has 6 heteroatoms. The summed E-state index contributed by atoms with van der Waals surface area (Å²) in [5.74, 6) is 1.54. The molecule has 1 aromatic rings. The zero-order chi connectivity index (χ0) is 13.2. The number of hydrogen-bond donors (Lipinski definition) is 2. The van der Waals surface area contributed by atoms with Gasteiger partial charge < -0.3 is 15.2 Å². The van der Waals surface area contributed by atoms with Gasteiger partial charge in [0.05, 0.1) is 6.61 Å². The number of anilines is 1. The van der Waals surface area contributed by atoms with E-state index in [4.69, 9.17) is 16.3 Å². The standard InChI is InChI=1S/C12H18ClN3O2/c1-8(2)11-15-9(13)5-10(16-11)14-6-12(17)3-4-18-7-12/h5,8,17H,3-4,6-7H2,1-2H3,(H,14,15,16). The van der Waals surface area contributed by atoms with Crippen molar-refractivity contribution in [1.29, 1.82) is 0 Å². The lowest BCUT2D eigenvalue weighted by Gasteiger charge is -2.21. The maximum Gasteiger partial charge on any atom is 0.135 e. The van der Waals surface area contributed by atoms with Crippen molar-refractivity contribution in [3.8, 4) is 0 Å². The Bertz CT molecular complexity index is 420. The average Bonchev–Trinajstić information content (AvgIpc) is 2.73. The number of hydrogen-bond acceptors (Lipinski definition) is 5. The normalized spacial score (nSPS) is 23.6. The van der Waals surface area contributed by atoms with Gasteiger partial charge in [0.15, 0.2) is 0 Å². The molecule has 5 nitrogen and oxygen atoms in total. The van der Waals surface area contributed by atoms with E-state index in [1.807, 2.05) is 13.8 Å². The summed E-state index contributed by atoms with van der Waals surface area (Å²) < 4.78 is 5.19. The molecular weight excluding hydrogens is 254 g/mol. The summed E-state index contributed by atoms with van der Waals surface area (Å²) in [6.45, 7) is 5.37. The third-order valence-corrected chi connectivity index (χ3v) is 3.10. The molecule has 0 spiro atoms. The first-order valence-corrected chi connectivity index (χ1v) is 6.45. The largest absolute Gasteiger partial charge is 0.386 e. The first-order chi connectivity index (χ1) is 8.48. The summed E-state index contributed by atoms with van der Waals surface area (Å²) in [5.41, 5.74) is -0.810. The van der Waals surface area contributed by atoms with Gasteiger partial charge in [-0.15, -0.1) is 0 Å². The Morgan fingerprint density at radius 2 is 2.33 bits per heavy atom. The monoisotopic (exact) mass is 271 g/mol. The second kappa shape index (κ2) is 5.38. The predicted molar refractivity (Wildman–Crippen MR) is 70.0 cm³/mol. The van der Waals surface area contributed by atoms with Gasteiger partial charge in [0.25, 0.3) is 0 Å².